The Morgan fingerprint density at radius 3 is 2.80 bits per heavy atom. The number of nitrogens with one attached hydrogen (secondary N) is 2. The Kier molecular flexibility index (Phi) is 8.81. The highest BCUT2D eigenvalue weighted by atomic mass is 16.5. The van der Waals surface area contributed by atoms with Crippen molar-refractivity contribution in [3.05, 3.63) is 12.3 Å². The lowest BCUT2D eigenvalue weighted by molar-refractivity contribution is -0.121. The maximum atomic E-state index is 11.2. The van der Waals surface area contributed by atoms with Crippen molar-refractivity contribution < 1.29 is 14.6 Å². The van der Waals surface area contributed by atoms with Crippen molar-refractivity contribution in [3.8, 4) is 0 Å². The van der Waals surface area contributed by atoms with Gasteiger partial charge in [0.05, 0.1) is 19.6 Å². The van der Waals surface area contributed by atoms with Crippen LogP contribution in [-0.2, 0) is 9.53 Å². The lowest BCUT2D eigenvalue weighted by Crippen LogP contribution is -2.27. The molecule has 0 aromatic carbocycles. The summed E-state index contributed by atoms with van der Waals surface area (Å²) in [5.41, 5.74) is 0. The second-order valence-electron chi connectivity index (χ2n) is 3.10. The van der Waals surface area contributed by atoms with Crippen LogP contribution in [0.1, 0.15) is 12.8 Å². The third-order valence-corrected chi connectivity index (χ3v) is 1.74. The van der Waals surface area contributed by atoms with E-state index in [2.05, 4.69) is 17.2 Å². The molecule has 0 unspecified atom stereocenters. The van der Waals surface area contributed by atoms with Crippen molar-refractivity contribution in [2.45, 2.75) is 12.8 Å². The molecule has 0 bridgehead atoms. The first-order valence-electron chi connectivity index (χ1n) is 5.03. The van der Waals surface area contributed by atoms with E-state index < -0.39 is 0 Å². The van der Waals surface area contributed by atoms with Gasteiger partial charge >= 0.3 is 0 Å². The zero-order valence-electron chi connectivity index (χ0n) is 9.21. The summed E-state index contributed by atoms with van der Waals surface area (Å²) < 4.78 is 4.97. The summed E-state index contributed by atoms with van der Waals surface area (Å²) in [5, 5.41) is 14.3. The third-order valence-electron chi connectivity index (χ3n) is 1.74. The van der Waals surface area contributed by atoms with Gasteiger partial charge in [-0.15, -0.1) is 0 Å². The van der Waals surface area contributed by atoms with Gasteiger partial charge in [0.2, 0.25) is 5.91 Å². The molecule has 0 fully saturated rings. The highest BCUT2D eigenvalue weighted by molar-refractivity contribution is 5.75. The molecule has 0 saturated heterocycles. The van der Waals surface area contributed by atoms with Crippen LogP contribution < -0.4 is 10.6 Å². The largest absolute Gasteiger partial charge is 0.496 e. The van der Waals surface area contributed by atoms with Crippen LogP contribution in [-0.4, -0.2) is 44.4 Å². The summed E-state index contributed by atoms with van der Waals surface area (Å²) >= 11 is 0. The van der Waals surface area contributed by atoms with Crippen LogP contribution in [0, 0.1) is 0 Å². The topological polar surface area (TPSA) is 70.6 Å². The van der Waals surface area contributed by atoms with Gasteiger partial charge in [-0.3, -0.25) is 4.79 Å². The van der Waals surface area contributed by atoms with Crippen LogP contribution in [0.3, 0.4) is 0 Å². The zero-order chi connectivity index (χ0) is 11.5. The molecule has 0 aliphatic rings. The van der Waals surface area contributed by atoms with Crippen molar-refractivity contribution in [1.82, 2.24) is 10.6 Å². The number of aliphatic hydroxyl groups excluding tert-OH is 1. The van der Waals surface area contributed by atoms with Gasteiger partial charge in [0.25, 0.3) is 0 Å². The first-order chi connectivity index (χ1) is 7.20. The Morgan fingerprint density at radius 1 is 1.47 bits per heavy atom. The molecule has 5 nitrogen and oxygen atoms in total. The summed E-state index contributed by atoms with van der Waals surface area (Å²) in [7, 11) is 1.87. The van der Waals surface area contributed by atoms with E-state index in [1.807, 2.05) is 7.05 Å². The molecule has 0 atom stereocenters. The third kappa shape index (κ3) is 9.24. The van der Waals surface area contributed by atoms with E-state index >= 15 is 0 Å². The summed E-state index contributed by atoms with van der Waals surface area (Å²) in [5.74, 6) is 0.245. The quantitative estimate of drug-likeness (QED) is 0.363. The van der Waals surface area contributed by atoms with E-state index in [-0.39, 0.29) is 24.9 Å². The van der Waals surface area contributed by atoms with Crippen molar-refractivity contribution in [1.29, 1.82) is 0 Å². The van der Waals surface area contributed by atoms with Crippen LogP contribution in [0.5, 0.6) is 0 Å². The maximum absolute atomic E-state index is 11.2. The predicted molar refractivity (Wildman–Crippen MR) is 58.3 cm³/mol. The molecular formula is C10H20N2O3. The molecule has 88 valence electrons. The fourth-order valence-corrected chi connectivity index (χ4v) is 0.915. The van der Waals surface area contributed by atoms with E-state index in [0.717, 1.165) is 13.0 Å². The molecule has 5 heteroatoms. The second kappa shape index (κ2) is 9.48. The fourth-order valence-electron chi connectivity index (χ4n) is 0.915. The number of amides is 1. The normalized spacial score (nSPS) is 9.73. The van der Waals surface area contributed by atoms with Gasteiger partial charge in [-0.2, -0.15) is 0 Å². The molecule has 0 rings (SSSR count). The van der Waals surface area contributed by atoms with Crippen LogP contribution in [0.4, 0.5) is 0 Å². The molecule has 0 radical (unpaired) electrons. The van der Waals surface area contributed by atoms with E-state index in [4.69, 9.17) is 9.84 Å². The molecule has 0 heterocycles. The van der Waals surface area contributed by atoms with Crippen LogP contribution in [0.15, 0.2) is 12.3 Å². The first kappa shape index (κ1) is 13.9. The molecule has 0 spiro atoms. The van der Waals surface area contributed by atoms with Crippen LogP contribution in [0.25, 0.3) is 0 Å². The Bertz CT molecular complexity index is 195. The van der Waals surface area contributed by atoms with E-state index in [1.165, 1.54) is 0 Å². The number of hydrogen-bond acceptors (Lipinski definition) is 4. The maximum Gasteiger partial charge on any atom is 0.223 e. The van der Waals surface area contributed by atoms with Crippen LogP contribution in [0.2, 0.25) is 0 Å². The monoisotopic (exact) mass is 216 g/mol. The van der Waals surface area contributed by atoms with Gasteiger partial charge in [0.1, 0.15) is 5.76 Å². The molecule has 0 aromatic heterocycles. The SMILES string of the molecule is C=C(CO)OCCC(=O)NCCCNC. The van der Waals surface area contributed by atoms with Crippen molar-refractivity contribution >= 4 is 5.91 Å². The molecule has 0 saturated carbocycles. The number of aliphatic hydroxyl groups is 1. The minimum atomic E-state index is -0.205. The Labute approximate surface area is 90.5 Å². The zero-order valence-corrected chi connectivity index (χ0v) is 9.21. The summed E-state index contributed by atoms with van der Waals surface area (Å²) in [6.07, 6.45) is 1.20. The molecule has 15 heavy (non-hydrogen) atoms. The average molecular weight is 216 g/mol. The van der Waals surface area contributed by atoms with Gasteiger partial charge in [-0.05, 0) is 20.0 Å². The van der Waals surface area contributed by atoms with Gasteiger partial charge < -0.3 is 20.5 Å². The summed E-state index contributed by atoms with van der Waals surface area (Å²) in [6.45, 7) is 5.06. The number of carbonyl (C=O) groups is 1. The average Bonchev–Trinajstić information content (AvgIpc) is 2.24. The minimum absolute atomic E-state index is 0.0446. The Hall–Kier alpha value is -1.07. The molecule has 0 aliphatic carbocycles. The Balaban J connectivity index is 3.29. The fraction of sp³-hybridized carbons (Fsp3) is 0.700. The number of rotatable bonds is 9. The molecule has 3 N–H and O–H groups in total. The molecule has 1 amide bonds. The molecular weight excluding hydrogens is 196 g/mol. The molecule has 0 aromatic rings. The summed E-state index contributed by atoms with van der Waals surface area (Å²) in [6, 6.07) is 0. The van der Waals surface area contributed by atoms with Crippen molar-refractivity contribution in [2.24, 2.45) is 0 Å². The highest BCUT2D eigenvalue weighted by Crippen LogP contribution is 1.92. The highest BCUT2D eigenvalue weighted by Gasteiger charge is 2.00. The van der Waals surface area contributed by atoms with E-state index in [1.54, 1.807) is 0 Å². The number of ether oxygens (including phenoxy) is 1. The van der Waals surface area contributed by atoms with Gasteiger partial charge in [0, 0.05) is 6.54 Å². The smallest absolute Gasteiger partial charge is 0.223 e. The van der Waals surface area contributed by atoms with E-state index in [9.17, 15) is 4.79 Å². The molecule has 0 aliphatic heterocycles. The lowest BCUT2D eigenvalue weighted by atomic mass is 10.4. The first-order valence-corrected chi connectivity index (χ1v) is 5.03. The number of carbonyl (C=O) groups excluding carboxylic acids is 1. The van der Waals surface area contributed by atoms with Gasteiger partial charge in [0.15, 0.2) is 0 Å². The lowest BCUT2D eigenvalue weighted by Gasteiger charge is -2.07. The van der Waals surface area contributed by atoms with E-state index in [0.29, 0.717) is 13.0 Å². The van der Waals surface area contributed by atoms with Gasteiger partial charge in [-0.25, -0.2) is 0 Å². The minimum Gasteiger partial charge on any atom is -0.496 e. The predicted octanol–water partition coefficient (Wildman–Crippen LogP) is -0.375. The second-order valence-corrected chi connectivity index (χ2v) is 3.10. The standard InChI is InChI=1S/C10H20N2O3/c1-9(8-13)15-7-4-10(14)12-6-3-5-11-2/h11,13H,1,3-8H2,2H3,(H,12,14). The Morgan fingerprint density at radius 2 is 2.20 bits per heavy atom. The van der Waals surface area contributed by atoms with Gasteiger partial charge in [-0.1, -0.05) is 6.58 Å². The van der Waals surface area contributed by atoms with Crippen LogP contribution >= 0.6 is 0 Å². The van der Waals surface area contributed by atoms with Crippen molar-refractivity contribution in [3.63, 3.8) is 0 Å². The van der Waals surface area contributed by atoms with Crippen molar-refractivity contribution in [2.75, 3.05) is 33.4 Å². The summed E-state index contributed by atoms with van der Waals surface area (Å²) in [4.78, 5) is 11.2. The number of hydrogen-bond donors (Lipinski definition) is 3.